The first-order valence-electron chi connectivity index (χ1n) is 5.36. The molecule has 1 aromatic heterocycles. The van der Waals surface area contributed by atoms with Gasteiger partial charge in [0.15, 0.2) is 0 Å². The molecule has 0 aromatic carbocycles. The third-order valence-corrected chi connectivity index (χ3v) is 2.20. The van der Waals surface area contributed by atoms with Crippen LogP contribution in [-0.2, 0) is 11.3 Å². The fourth-order valence-electron chi connectivity index (χ4n) is 1.30. The molecule has 0 saturated carbocycles. The molecule has 0 spiro atoms. The Morgan fingerprint density at radius 1 is 1.44 bits per heavy atom. The van der Waals surface area contributed by atoms with Gasteiger partial charge in [0, 0.05) is 18.7 Å². The van der Waals surface area contributed by atoms with E-state index in [-0.39, 0.29) is 6.54 Å². The Bertz CT molecular complexity index is 400. The number of nitrogens with one attached hydrogen (secondary N) is 2. The Labute approximate surface area is 104 Å². The highest BCUT2D eigenvalue weighted by molar-refractivity contribution is 5.74. The van der Waals surface area contributed by atoms with E-state index >= 15 is 0 Å². The van der Waals surface area contributed by atoms with E-state index < -0.39 is 24.0 Å². The third kappa shape index (κ3) is 5.35. The van der Waals surface area contributed by atoms with Gasteiger partial charge in [-0.05, 0) is 13.0 Å². The second-order valence-electron chi connectivity index (χ2n) is 4.24. The molecule has 7 heteroatoms. The largest absolute Gasteiger partial charge is 0.481 e. The molecule has 1 heterocycles. The van der Waals surface area contributed by atoms with Gasteiger partial charge >= 0.3 is 12.0 Å². The molecule has 0 aliphatic rings. The van der Waals surface area contributed by atoms with Crippen LogP contribution < -0.4 is 10.6 Å². The summed E-state index contributed by atoms with van der Waals surface area (Å²) >= 11 is 0. The van der Waals surface area contributed by atoms with Crippen molar-refractivity contribution in [1.82, 2.24) is 10.6 Å². The zero-order chi connectivity index (χ0) is 13.6. The van der Waals surface area contributed by atoms with Crippen molar-refractivity contribution in [3.05, 3.63) is 24.2 Å². The standard InChI is InChI=1S/C11H16N2O5/c1-11(17,4-9(14)15)7-13-10(16)12-5-8-2-3-18-6-8/h2-3,6,17H,4-5,7H2,1H3,(H,14,15)(H2,12,13,16). The first-order chi connectivity index (χ1) is 8.39. The lowest BCUT2D eigenvalue weighted by molar-refractivity contribution is -0.141. The summed E-state index contributed by atoms with van der Waals surface area (Å²) in [6.07, 6.45) is 2.56. The maximum absolute atomic E-state index is 11.4. The van der Waals surface area contributed by atoms with Crippen molar-refractivity contribution >= 4 is 12.0 Å². The monoisotopic (exact) mass is 256 g/mol. The molecule has 1 atom stereocenters. The number of rotatable bonds is 6. The molecule has 2 amide bonds. The molecule has 100 valence electrons. The van der Waals surface area contributed by atoms with E-state index in [9.17, 15) is 14.7 Å². The summed E-state index contributed by atoms with van der Waals surface area (Å²) in [4.78, 5) is 21.8. The minimum atomic E-state index is -1.47. The molecule has 0 fully saturated rings. The van der Waals surface area contributed by atoms with Gasteiger partial charge < -0.3 is 25.3 Å². The Balaban J connectivity index is 2.26. The molecule has 0 aliphatic carbocycles. The van der Waals surface area contributed by atoms with E-state index in [1.54, 1.807) is 6.07 Å². The summed E-state index contributed by atoms with van der Waals surface area (Å²) in [5.41, 5.74) is -0.666. The van der Waals surface area contributed by atoms with Crippen LogP contribution in [0.5, 0.6) is 0 Å². The van der Waals surface area contributed by atoms with Crippen molar-refractivity contribution in [2.75, 3.05) is 6.54 Å². The maximum Gasteiger partial charge on any atom is 0.315 e. The Morgan fingerprint density at radius 2 is 2.17 bits per heavy atom. The lowest BCUT2D eigenvalue weighted by Gasteiger charge is -2.21. The minimum Gasteiger partial charge on any atom is -0.481 e. The molecular weight excluding hydrogens is 240 g/mol. The minimum absolute atomic E-state index is 0.142. The number of hydrogen-bond donors (Lipinski definition) is 4. The van der Waals surface area contributed by atoms with Gasteiger partial charge in [-0.15, -0.1) is 0 Å². The summed E-state index contributed by atoms with van der Waals surface area (Å²) in [7, 11) is 0. The predicted molar refractivity (Wildman–Crippen MR) is 61.8 cm³/mol. The fourth-order valence-corrected chi connectivity index (χ4v) is 1.30. The number of hydrogen-bond acceptors (Lipinski definition) is 4. The lowest BCUT2D eigenvalue weighted by Crippen LogP contribution is -2.45. The fraction of sp³-hybridized carbons (Fsp3) is 0.455. The predicted octanol–water partition coefficient (Wildman–Crippen LogP) is 0.304. The average molecular weight is 256 g/mol. The molecule has 0 bridgehead atoms. The molecule has 1 aromatic rings. The molecule has 1 unspecified atom stereocenters. The Morgan fingerprint density at radius 3 is 2.72 bits per heavy atom. The van der Waals surface area contributed by atoms with Crippen molar-refractivity contribution in [3.8, 4) is 0 Å². The normalized spacial score (nSPS) is 13.7. The highest BCUT2D eigenvalue weighted by Crippen LogP contribution is 2.07. The van der Waals surface area contributed by atoms with Crippen molar-refractivity contribution in [2.24, 2.45) is 0 Å². The van der Waals surface area contributed by atoms with Crippen LogP contribution in [0.15, 0.2) is 23.0 Å². The van der Waals surface area contributed by atoms with Gasteiger partial charge in [0.2, 0.25) is 0 Å². The molecule has 0 saturated heterocycles. The first-order valence-corrected chi connectivity index (χ1v) is 5.36. The Hall–Kier alpha value is -2.02. The van der Waals surface area contributed by atoms with Gasteiger partial charge in [-0.1, -0.05) is 0 Å². The van der Waals surface area contributed by atoms with Crippen LogP contribution in [0.3, 0.4) is 0 Å². The first kappa shape index (κ1) is 14.0. The second-order valence-corrected chi connectivity index (χ2v) is 4.24. The quantitative estimate of drug-likeness (QED) is 0.585. The highest BCUT2D eigenvalue weighted by atomic mass is 16.4. The maximum atomic E-state index is 11.4. The number of carboxylic acid groups (broad SMARTS) is 1. The van der Waals surface area contributed by atoms with Gasteiger partial charge in [-0.2, -0.15) is 0 Å². The molecule has 7 nitrogen and oxygen atoms in total. The van der Waals surface area contributed by atoms with Gasteiger partial charge in [0.05, 0.1) is 24.5 Å². The zero-order valence-electron chi connectivity index (χ0n) is 9.97. The molecule has 0 aliphatic heterocycles. The van der Waals surface area contributed by atoms with Crippen molar-refractivity contribution in [3.63, 3.8) is 0 Å². The van der Waals surface area contributed by atoms with Crippen LogP contribution >= 0.6 is 0 Å². The highest BCUT2D eigenvalue weighted by Gasteiger charge is 2.24. The zero-order valence-corrected chi connectivity index (χ0v) is 9.97. The third-order valence-electron chi connectivity index (χ3n) is 2.20. The topological polar surface area (TPSA) is 112 Å². The number of furan rings is 1. The van der Waals surface area contributed by atoms with Crippen LogP contribution in [-0.4, -0.2) is 34.4 Å². The van der Waals surface area contributed by atoms with Gasteiger partial charge in [-0.3, -0.25) is 4.79 Å². The number of carbonyl (C=O) groups is 2. The van der Waals surface area contributed by atoms with E-state index in [1.807, 2.05) is 0 Å². The van der Waals surface area contributed by atoms with E-state index in [0.29, 0.717) is 6.54 Å². The van der Waals surface area contributed by atoms with Gasteiger partial charge in [-0.25, -0.2) is 4.79 Å². The summed E-state index contributed by atoms with van der Waals surface area (Å²) in [6.45, 7) is 1.50. The molecule has 1 rings (SSSR count). The average Bonchev–Trinajstić information content (AvgIpc) is 2.74. The SMILES string of the molecule is CC(O)(CNC(=O)NCc1ccoc1)CC(=O)O. The summed E-state index contributed by atoms with van der Waals surface area (Å²) in [5, 5.41) is 23.1. The van der Waals surface area contributed by atoms with E-state index in [0.717, 1.165) is 5.56 Å². The number of amides is 2. The lowest BCUT2D eigenvalue weighted by atomic mass is 10.0. The number of carbonyl (C=O) groups excluding carboxylic acids is 1. The van der Waals surface area contributed by atoms with E-state index in [2.05, 4.69) is 10.6 Å². The van der Waals surface area contributed by atoms with Crippen LogP contribution in [0.2, 0.25) is 0 Å². The van der Waals surface area contributed by atoms with Crippen LogP contribution in [0.1, 0.15) is 18.9 Å². The van der Waals surface area contributed by atoms with Gasteiger partial charge in [0.1, 0.15) is 0 Å². The van der Waals surface area contributed by atoms with Crippen LogP contribution in [0.4, 0.5) is 4.79 Å². The summed E-state index contributed by atoms with van der Waals surface area (Å²) < 4.78 is 4.83. The number of aliphatic carboxylic acids is 1. The van der Waals surface area contributed by atoms with E-state index in [1.165, 1.54) is 19.5 Å². The molecular formula is C11H16N2O5. The molecule has 18 heavy (non-hydrogen) atoms. The smallest absolute Gasteiger partial charge is 0.315 e. The van der Waals surface area contributed by atoms with Crippen molar-refractivity contribution < 1.29 is 24.2 Å². The molecule has 0 radical (unpaired) electrons. The second kappa shape index (κ2) is 6.06. The van der Waals surface area contributed by atoms with Crippen LogP contribution in [0, 0.1) is 0 Å². The summed E-state index contributed by atoms with van der Waals surface area (Å²) in [6, 6.07) is 1.22. The van der Waals surface area contributed by atoms with Crippen molar-refractivity contribution in [2.45, 2.75) is 25.5 Å². The number of urea groups is 1. The summed E-state index contributed by atoms with van der Waals surface area (Å²) in [5.74, 6) is -1.12. The number of aliphatic hydroxyl groups is 1. The Kier molecular flexibility index (Phi) is 4.73. The molecule has 4 N–H and O–H groups in total. The van der Waals surface area contributed by atoms with E-state index in [4.69, 9.17) is 9.52 Å². The van der Waals surface area contributed by atoms with Crippen LogP contribution in [0.25, 0.3) is 0 Å². The van der Waals surface area contributed by atoms with Crippen molar-refractivity contribution in [1.29, 1.82) is 0 Å². The van der Waals surface area contributed by atoms with Gasteiger partial charge in [0.25, 0.3) is 0 Å². The number of carboxylic acids is 1.